The van der Waals surface area contributed by atoms with Gasteiger partial charge in [0.05, 0.1) is 11.0 Å². The van der Waals surface area contributed by atoms with Crippen molar-refractivity contribution in [3.63, 3.8) is 0 Å². The summed E-state index contributed by atoms with van der Waals surface area (Å²) in [6.45, 7) is 7.48. The highest BCUT2D eigenvalue weighted by Gasteiger charge is 2.34. The zero-order valence-electron chi connectivity index (χ0n) is 17.0. The molecule has 1 heterocycles. The Bertz CT molecular complexity index is 896. The number of nitrogens with zero attached hydrogens (tertiary/aromatic N) is 1. The van der Waals surface area contributed by atoms with Crippen molar-refractivity contribution >= 4 is 16.9 Å². The summed E-state index contributed by atoms with van der Waals surface area (Å²) in [6, 6.07) is 4.68. The minimum atomic E-state index is -0.243. The number of hydrogen-bond donors (Lipinski definition) is 2. The summed E-state index contributed by atoms with van der Waals surface area (Å²) in [4.78, 5) is 20.0. The summed E-state index contributed by atoms with van der Waals surface area (Å²) in [5, 5.41) is 3.17. The molecule has 1 aromatic carbocycles. The fourth-order valence-electron chi connectivity index (χ4n) is 4.58. The fraction of sp³-hybridized carbons (Fsp3) is 0.565. The lowest BCUT2D eigenvalue weighted by Gasteiger charge is -2.37. The second-order valence-electron chi connectivity index (χ2n) is 8.98. The Morgan fingerprint density at radius 1 is 1.36 bits per heavy atom. The van der Waals surface area contributed by atoms with Crippen LogP contribution in [0.4, 0.5) is 4.39 Å². The molecule has 4 rings (SSSR count). The number of H-pyrrole nitrogens is 1. The number of amides is 1. The maximum atomic E-state index is 13.4. The molecular weight excluding hydrogens is 353 g/mol. The number of imidazole rings is 1. The highest BCUT2D eigenvalue weighted by molar-refractivity contribution is 5.80. The summed E-state index contributed by atoms with van der Waals surface area (Å²) in [5.41, 5.74) is 2.94. The number of rotatable bonds is 6. The van der Waals surface area contributed by atoms with Gasteiger partial charge in [-0.1, -0.05) is 25.5 Å². The molecule has 0 bridgehead atoms. The smallest absolute Gasteiger partial charge is 0.223 e. The van der Waals surface area contributed by atoms with Crippen molar-refractivity contribution in [3.8, 4) is 0 Å². The molecule has 28 heavy (non-hydrogen) atoms. The van der Waals surface area contributed by atoms with E-state index < -0.39 is 0 Å². The van der Waals surface area contributed by atoms with Crippen LogP contribution in [0.15, 0.2) is 29.8 Å². The number of nitrogens with one attached hydrogen (secondary N) is 2. The van der Waals surface area contributed by atoms with E-state index in [0.717, 1.165) is 49.1 Å². The van der Waals surface area contributed by atoms with Gasteiger partial charge in [-0.3, -0.25) is 4.79 Å². The Morgan fingerprint density at radius 3 is 2.86 bits per heavy atom. The van der Waals surface area contributed by atoms with Gasteiger partial charge in [0.25, 0.3) is 0 Å². The minimum absolute atomic E-state index is 0.227. The van der Waals surface area contributed by atoms with E-state index >= 15 is 0 Å². The van der Waals surface area contributed by atoms with Crippen molar-refractivity contribution in [2.24, 2.45) is 29.6 Å². The van der Waals surface area contributed by atoms with Gasteiger partial charge in [-0.25, -0.2) is 9.37 Å². The van der Waals surface area contributed by atoms with E-state index in [2.05, 4.69) is 42.1 Å². The predicted octanol–water partition coefficient (Wildman–Crippen LogP) is 4.63. The first kappa shape index (κ1) is 19.2. The first-order chi connectivity index (χ1) is 13.4. The lowest BCUT2D eigenvalue weighted by atomic mass is 9.69. The first-order valence-corrected chi connectivity index (χ1v) is 10.5. The maximum absolute atomic E-state index is 13.4. The zero-order chi connectivity index (χ0) is 19.8. The normalized spacial score (nSPS) is 25.2. The molecule has 1 fully saturated rings. The van der Waals surface area contributed by atoms with Crippen molar-refractivity contribution < 1.29 is 9.18 Å². The van der Waals surface area contributed by atoms with Crippen LogP contribution in [0.3, 0.4) is 0 Å². The number of fused-ring (bicyclic) bond motifs is 1. The van der Waals surface area contributed by atoms with Crippen molar-refractivity contribution in [3.05, 3.63) is 41.5 Å². The SMILES string of the molecule is CC1=CC(CNC(=O)C2CC2)C(C(C)C)CC1Cc1nc2ccc(F)cc2[nH]1. The Labute approximate surface area is 166 Å². The molecule has 1 amide bonds. The number of aromatic amines is 1. The van der Waals surface area contributed by atoms with E-state index in [9.17, 15) is 9.18 Å². The second-order valence-corrected chi connectivity index (χ2v) is 8.98. The zero-order valence-corrected chi connectivity index (χ0v) is 17.0. The van der Waals surface area contributed by atoms with Gasteiger partial charge >= 0.3 is 0 Å². The summed E-state index contributed by atoms with van der Waals surface area (Å²) >= 11 is 0. The molecule has 2 aliphatic carbocycles. The van der Waals surface area contributed by atoms with E-state index in [-0.39, 0.29) is 17.6 Å². The lowest BCUT2D eigenvalue weighted by Crippen LogP contribution is -2.37. The molecule has 0 saturated heterocycles. The molecule has 3 atom stereocenters. The molecule has 1 saturated carbocycles. The quantitative estimate of drug-likeness (QED) is 0.715. The number of halogens is 1. The molecule has 0 spiro atoms. The van der Waals surface area contributed by atoms with Gasteiger partial charge in [-0.05, 0) is 68.1 Å². The number of allylic oxidation sites excluding steroid dienone is 1. The minimum Gasteiger partial charge on any atom is -0.355 e. The molecule has 2 aromatic rings. The Balaban J connectivity index is 1.47. The summed E-state index contributed by atoms with van der Waals surface area (Å²) < 4.78 is 13.4. The second kappa shape index (κ2) is 7.69. The van der Waals surface area contributed by atoms with Crippen LogP contribution in [0.5, 0.6) is 0 Å². The third-order valence-electron chi connectivity index (χ3n) is 6.48. The first-order valence-electron chi connectivity index (χ1n) is 10.5. The van der Waals surface area contributed by atoms with Crippen LogP contribution >= 0.6 is 0 Å². The standard InChI is InChI=1S/C23H30FN3O/c1-13(2)19-9-16(10-22-26-20-7-6-18(24)11-21(20)27-22)14(3)8-17(19)12-25-23(28)15-4-5-15/h6-8,11,13,15-17,19H,4-5,9-10,12H2,1-3H3,(H,25,28)(H,26,27). The molecule has 150 valence electrons. The molecular formula is C23H30FN3O. The van der Waals surface area contributed by atoms with Crippen LogP contribution in [0, 0.1) is 35.4 Å². The Morgan fingerprint density at radius 2 is 2.14 bits per heavy atom. The van der Waals surface area contributed by atoms with Crippen LogP contribution < -0.4 is 5.32 Å². The van der Waals surface area contributed by atoms with Crippen molar-refractivity contribution in [2.75, 3.05) is 6.54 Å². The molecule has 2 aliphatic rings. The van der Waals surface area contributed by atoms with Gasteiger partial charge < -0.3 is 10.3 Å². The van der Waals surface area contributed by atoms with Crippen LogP contribution in [0.2, 0.25) is 0 Å². The van der Waals surface area contributed by atoms with Crippen molar-refractivity contribution in [1.82, 2.24) is 15.3 Å². The van der Waals surface area contributed by atoms with Crippen LogP contribution in [0.25, 0.3) is 11.0 Å². The maximum Gasteiger partial charge on any atom is 0.223 e. The Kier molecular flexibility index (Phi) is 5.26. The largest absolute Gasteiger partial charge is 0.355 e. The fourth-order valence-corrected chi connectivity index (χ4v) is 4.58. The summed E-state index contributed by atoms with van der Waals surface area (Å²) in [7, 11) is 0. The van der Waals surface area contributed by atoms with Crippen molar-refractivity contribution in [2.45, 2.75) is 46.5 Å². The molecule has 4 nitrogen and oxygen atoms in total. The number of benzene rings is 1. The number of carbonyl (C=O) groups is 1. The Hall–Kier alpha value is -2.17. The molecule has 0 radical (unpaired) electrons. The average molecular weight is 384 g/mol. The van der Waals surface area contributed by atoms with Crippen molar-refractivity contribution in [1.29, 1.82) is 0 Å². The van der Waals surface area contributed by atoms with Gasteiger partial charge in [-0.2, -0.15) is 0 Å². The topological polar surface area (TPSA) is 57.8 Å². The third kappa shape index (κ3) is 4.13. The highest BCUT2D eigenvalue weighted by Crippen LogP contribution is 2.39. The van der Waals surface area contributed by atoms with E-state index in [1.165, 1.54) is 17.7 Å². The van der Waals surface area contributed by atoms with Gasteiger partial charge in [-0.15, -0.1) is 0 Å². The third-order valence-corrected chi connectivity index (χ3v) is 6.48. The van der Waals surface area contributed by atoms with Crippen LogP contribution in [-0.2, 0) is 11.2 Å². The average Bonchev–Trinajstić information content (AvgIpc) is 3.42. The van der Waals surface area contributed by atoms with Gasteiger partial charge in [0.2, 0.25) is 5.91 Å². The number of hydrogen-bond acceptors (Lipinski definition) is 2. The van der Waals surface area contributed by atoms with Gasteiger partial charge in [0.15, 0.2) is 0 Å². The van der Waals surface area contributed by atoms with Gasteiger partial charge in [0, 0.05) is 18.9 Å². The highest BCUT2D eigenvalue weighted by atomic mass is 19.1. The predicted molar refractivity (Wildman–Crippen MR) is 109 cm³/mol. The van der Waals surface area contributed by atoms with E-state index in [4.69, 9.17) is 0 Å². The molecule has 1 aromatic heterocycles. The molecule has 5 heteroatoms. The number of carbonyl (C=O) groups excluding carboxylic acids is 1. The van der Waals surface area contributed by atoms with Crippen LogP contribution in [0.1, 0.15) is 45.9 Å². The van der Waals surface area contributed by atoms with Crippen LogP contribution in [-0.4, -0.2) is 22.4 Å². The monoisotopic (exact) mass is 383 g/mol. The van der Waals surface area contributed by atoms with Gasteiger partial charge in [0.1, 0.15) is 11.6 Å². The summed E-state index contributed by atoms with van der Waals surface area (Å²) in [6.07, 6.45) is 6.39. The number of aromatic nitrogens is 2. The molecule has 2 N–H and O–H groups in total. The van der Waals surface area contributed by atoms with E-state index in [1.54, 1.807) is 6.07 Å². The summed E-state index contributed by atoms with van der Waals surface area (Å²) in [5.74, 6) is 3.07. The van der Waals surface area contributed by atoms with E-state index in [1.807, 2.05) is 0 Å². The molecule has 3 unspecified atom stereocenters. The van der Waals surface area contributed by atoms with E-state index in [0.29, 0.717) is 23.7 Å². The lowest BCUT2D eigenvalue weighted by molar-refractivity contribution is -0.122. The molecule has 0 aliphatic heterocycles.